The van der Waals surface area contributed by atoms with E-state index in [1.165, 1.54) is 77.0 Å². The van der Waals surface area contributed by atoms with E-state index in [0.717, 1.165) is 77.0 Å². The molecule has 2 saturated heterocycles. The van der Waals surface area contributed by atoms with Crippen molar-refractivity contribution in [1.82, 2.24) is 0 Å². The van der Waals surface area contributed by atoms with E-state index in [2.05, 4.69) is 62.5 Å². The molecular weight excluding hydrogens is 901 g/mol. The summed E-state index contributed by atoms with van der Waals surface area (Å²) in [6, 6.07) is 0. The van der Waals surface area contributed by atoms with Crippen molar-refractivity contribution >= 4 is 11.9 Å². The minimum atomic E-state index is -1.77. The summed E-state index contributed by atoms with van der Waals surface area (Å²) in [6.07, 6.45) is 29.9. The summed E-state index contributed by atoms with van der Waals surface area (Å²) in [5.41, 5.74) is 0. The Balaban J connectivity index is 1.79. The van der Waals surface area contributed by atoms with Crippen molar-refractivity contribution in [1.29, 1.82) is 0 Å². The van der Waals surface area contributed by atoms with Gasteiger partial charge in [0.15, 0.2) is 18.7 Å². The molecule has 7 N–H and O–H groups in total. The Morgan fingerprint density at radius 2 is 0.900 bits per heavy atom. The average molecular weight is 997 g/mol. The molecule has 15 heteroatoms. The standard InChI is InChI=1S/C55H96O15/c1-3-5-7-9-11-13-15-17-19-20-21-22-24-26-28-30-32-34-36-38-47(58)68-43(40-65-46(57)37-35-33-31-29-27-25-23-18-16-14-12-10-8-6-4-2)41-66-54-53(64)51(62)49(60)45(70-54)42-67-55-52(63)50(61)48(59)44(39-56)69-55/h6,8,12,14,17-19,23,43-45,48-56,59-64H,3-5,7,9-11,13,15-16,20-22,24-42H2,1-2H3/b8-6+,14-12+,19-17+,23-18+/t43-,44+,45+,48-,49-,50?,51?,52?,53?,54+,55+/m1/s1. The van der Waals surface area contributed by atoms with Crippen LogP contribution in [0.15, 0.2) is 48.6 Å². The lowest BCUT2D eigenvalue weighted by molar-refractivity contribution is -0.332. The van der Waals surface area contributed by atoms with Crippen molar-refractivity contribution in [2.45, 2.75) is 261 Å². The zero-order chi connectivity index (χ0) is 51.0. The van der Waals surface area contributed by atoms with Crippen LogP contribution in [0.1, 0.15) is 194 Å². The van der Waals surface area contributed by atoms with Crippen LogP contribution < -0.4 is 0 Å². The van der Waals surface area contributed by atoms with Gasteiger partial charge in [-0.05, 0) is 70.6 Å². The zero-order valence-electron chi connectivity index (χ0n) is 43.0. The predicted molar refractivity (Wildman–Crippen MR) is 270 cm³/mol. The molecule has 2 aliphatic rings. The van der Waals surface area contributed by atoms with Gasteiger partial charge in [0.2, 0.25) is 0 Å². The fourth-order valence-corrected chi connectivity index (χ4v) is 8.34. The first-order valence-corrected chi connectivity index (χ1v) is 27.2. The van der Waals surface area contributed by atoms with Gasteiger partial charge in [0, 0.05) is 12.8 Å². The minimum Gasteiger partial charge on any atom is -0.462 e. The quantitative estimate of drug-likeness (QED) is 0.0173. The number of esters is 2. The number of allylic oxidation sites excluding steroid dienone is 8. The largest absolute Gasteiger partial charge is 0.462 e. The van der Waals surface area contributed by atoms with Crippen molar-refractivity contribution < 1.29 is 73.8 Å². The van der Waals surface area contributed by atoms with E-state index in [-0.39, 0.29) is 26.1 Å². The molecule has 0 saturated carbocycles. The van der Waals surface area contributed by atoms with E-state index in [1.807, 2.05) is 0 Å². The van der Waals surface area contributed by atoms with Crippen LogP contribution in [0.4, 0.5) is 0 Å². The molecule has 70 heavy (non-hydrogen) atoms. The van der Waals surface area contributed by atoms with Gasteiger partial charge in [0.1, 0.15) is 55.4 Å². The molecule has 0 spiro atoms. The molecule has 2 rings (SSSR count). The fourth-order valence-electron chi connectivity index (χ4n) is 8.34. The van der Waals surface area contributed by atoms with Crippen LogP contribution in [0.3, 0.4) is 0 Å². The molecule has 0 radical (unpaired) electrons. The van der Waals surface area contributed by atoms with Gasteiger partial charge in [-0.2, -0.15) is 0 Å². The van der Waals surface area contributed by atoms with Gasteiger partial charge in [0.05, 0.1) is 19.8 Å². The number of ether oxygens (including phenoxy) is 6. The summed E-state index contributed by atoms with van der Waals surface area (Å²) in [6.45, 7) is 2.46. The van der Waals surface area contributed by atoms with E-state index >= 15 is 0 Å². The predicted octanol–water partition coefficient (Wildman–Crippen LogP) is 8.27. The number of unbranched alkanes of at least 4 members (excludes halogenated alkanes) is 20. The Labute approximate surface area is 420 Å². The average Bonchev–Trinajstić information content (AvgIpc) is 3.35. The van der Waals surface area contributed by atoms with Gasteiger partial charge >= 0.3 is 11.9 Å². The normalized spacial score (nSPS) is 25.7. The molecule has 0 bridgehead atoms. The first-order chi connectivity index (χ1) is 34.0. The number of aliphatic hydroxyl groups is 7. The molecule has 0 aromatic heterocycles. The molecule has 4 unspecified atom stereocenters. The van der Waals surface area contributed by atoms with Gasteiger partial charge in [-0.25, -0.2) is 0 Å². The maximum atomic E-state index is 13.0. The van der Waals surface area contributed by atoms with E-state index in [9.17, 15) is 45.3 Å². The Morgan fingerprint density at radius 3 is 1.43 bits per heavy atom. The first kappa shape index (κ1) is 63.6. The highest BCUT2D eigenvalue weighted by atomic mass is 16.7. The van der Waals surface area contributed by atoms with Gasteiger partial charge in [-0.3, -0.25) is 9.59 Å². The summed E-state index contributed by atoms with van der Waals surface area (Å²) in [5, 5.41) is 72.2. The lowest BCUT2D eigenvalue weighted by Crippen LogP contribution is -2.61. The molecule has 0 aromatic carbocycles. The van der Waals surface area contributed by atoms with Crippen LogP contribution >= 0.6 is 0 Å². The second-order valence-corrected chi connectivity index (χ2v) is 19.0. The molecule has 0 amide bonds. The lowest BCUT2D eigenvalue weighted by atomic mass is 9.98. The maximum absolute atomic E-state index is 13.0. The third-order valence-electron chi connectivity index (χ3n) is 12.8. The Kier molecular flexibility index (Phi) is 38.0. The second kappa shape index (κ2) is 41.9. The molecule has 0 aromatic rings. The van der Waals surface area contributed by atoms with Gasteiger partial charge in [-0.15, -0.1) is 0 Å². The summed E-state index contributed by atoms with van der Waals surface area (Å²) in [5.74, 6) is -0.945. The van der Waals surface area contributed by atoms with Crippen LogP contribution in [0.5, 0.6) is 0 Å². The SMILES string of the molecule is CC/C=C/C/C=C/C/C=C/CCCCCCCC(=O)OC[C@H](CO[C@H]1O[C@@H](CO[C@H]2O[C@@H](CO)[C@@H](O)C(O)C2O)[C@@H](O)C(O)C1O)OC(=O)CCCCCCCCCCC/C=C/CCCCCCCC. The molecule has 15 nitrogen and oxygen atoms in total. The smallest absolute Gasteiger partial charge is 0.306 e. The van der Waals surface area contributed by atoms with E-state index in [0.29, 0.717) is 12.8 Å². The number of hydrogen-bond acceptors (Lipinski definition) is 15. The highest BCUT2D eigenvalue weighted by molar-refractivity contribution is 5.70. The van der Waals surface area contributed by atoms with Crippen molar-refractivity contribution in [3.8, 4) is 0 Å². The number of hydrogen-bond donors (Lipinski definition) is 7. The third kappa shape index (κ3) is 29.2. The molecule has 2 aliphatic heterocycles. The van der Waals surface area contributed by atoms with E-state index in [4.69, 9.17) is 28.4 Å². The Hall–Kier alpha value is -2.54. The van der Waals surface area contributed by atoms with Crippen molar-refractivity contribution in [3.63, 3.8) is 0 Å². The second-order valence-electron chi connectivity index (χ2n) is 19.0. The topological polar surface area (TPSA) is 231 Å². The van der Waals surface area contributed by atoms with Crippen LogP contribution in [-0.4, -0.2) is 142 Å². The van der Waals surface area contributed by atoms with Crippen LogP contribution in [-0.2, 0) is 38.0 Å². The van der Waals surface area contributed by atoms with Crippen molar-refractivity contribution in [2.75, 3.05) is 26.4 Å². The molecule has 2 fully saturated rings. The summed E-state index contributed by atoms with van der Waals surface area (Å²) in [7, 11) is 0. The summed E-state index contributed by atoms with van der Waals surface area (Å²) in [4.78, 5) is 25.8. The van der Waals surface area contributed by atoms with Crippen LogP contribution in [0.2, 0.25) is 0 Å². The van der Waals surface area contributed by atoms with E-state index < -0.39 is 92.7 Å². The van der Waals surface area contributed by atoms with E-state index in [1.54, 1.807) is 0 Å². The summed E-state index contributed by atoms with van der Waals surface area (Å²) < 4.78 is 33.6. The van der Waals surface area contributed by atoms with Crippen LogP contribution in [0.25, 0.3) is 0 Å². The van der Waals surface area contributed by atoms with Crippen molar-refractivity contribution in [3.05, 3.63) is 48.6 Å². The number of carbonyl (C=O) groups excluding carboxylic acids is 2. The molecule has 2 heterocycles. The maximum Gasteiger partial charge on any atom is 0.306 e. The molecule has 0 aliphatic carbocycles. The number of rotatable bonds is 42. The Bertz CT molecular complexity index is 1400. The molecular formula is C55H96O15. The first-order valence-electron chi connectivity index (χ1n) is 27.2. The molecule has 406 valence electrons. The highest BCUT2D eigenvalue weighted by Crippen LogP contribution is 2.26. The van der Waals surface area contributed by atoms with Gasteiger partial charge in [0.25, 0.3) is 0 Å². The lowest BCUT2D eigenvalue weighted by Gasteiger charge is -2.42. The summed E-state index contributed by atoms with van der Waals surface area (Å²) >= 11 is 0. The van der Waals surface area contributed by atoms with Gasteiger partial charge in [-0.1, -0.05) is 159 Å². The van der Waals surface area contributed by atoms with Crippen LogP contribution in [0, 0.1) is 0 Å². The molecule has 11 atom stereocenters. The minimum absolute atomic E-state index is 0.158. The number of carbonyl (C=O) groups is 2. The fraction of sp³-hybridized carbons (Fsp3) is 0.818. The van der Waals surface area contributed by atoms with Gasteiger partial charge < -0.3 is 64.2 Å². The Morgan fingerprint density at radius 1 is 0.471 bits per heavy atom. The zero-order valence-corrected chi connectivity index (χ0v) is 43.0. The monoisotopic (exact) mass is 997 g/mol. The van der Waals surface area contributed by atoms with Crippen molar-refractivity contribution in [2.24, 2.45) is 0 Å². The number of aliphatic hydroxyl groups excluding tert-OH is 7. The third-order valence-corrected chi connectivity index (χ3v) is 12.8. The highest BCUT2D eigenvalue weighted by Gasteiger charge is 2.47.